The second-order valence-electron chi connectivity index (χ2n) is 6.15. The number of ether oxygens (including phenoxy) is 1. The summed E-state index contributed by atoms with van der Waals surface area (Å²) in [5.74, 6) is 1.06. The van der Waals surface area contributed by atoms with Gasteiger partial charge in [-0.05, 0) is 12.8 Å². The van der Waals surface area contributed by atoms with E-state index in [-0.39, 0.29) is 16.7 Å². The third kappa shape index (κ3) is 3.66. The largest absolute Gasteiger partial charge is 0.378 e. The lowest BCUT2D eigenvalue weighted by molar-refractivity contribution is -0.383. The van der Waals surface area contributed by atoms with Gasteiger partial charge < -0.3 is 20.3 Å². The van der Waals surface area contributed by atoms with Crippen molar-refractivity contribution in [3.05, 3.63) is 10.1 Å². The molecule has 9 nitrogen and oxygen atoms in total. The first-order valence-electron chi connectivity index (χ1n) is 8.52. The van der Waals surface area contributed by atoms with Crippen molar-refractivity contribution in [2.75, 3.05) is 48.9 Å². The molecular formula is C15H24N6O3. The zero-order chi connectivity index (χ0) is 16.9. The zero-order valence-corrected chi connectivity index (χ0v) is 14.0. The van der Waals surface area contributed by atoms with E-state index < -0.39 is 0 Å². The van der Waals surface area contributed by atoms with E-state index in [1.54, 1.807) is 7.05 Å². The average Bonchev–Trinajstić information content (AvgIpc) is 2.62. The van der Waals surface area contributed by atoms with E-state index >= 15 is 0 Å². The monoisotopic (exact) mass is 336 g/mol. The van der Waals surface area contributed by atoms with Gasteiger partial charge in [-0.25, -0.2) is 0 Å². The predicted octanol–water partition coefficient (Wildman–Crippen LogP) is 2.01. The zero-order valence-electron chi connectivity index (χ0n) is 14.0. The SMILES string of the molecule is CNc1nc(NC2CCCCC2)c([N+](=O)[O-])c(N2CCOCC2)n1. The molecule has 1 saturated heterocycles. The van der Waals surface area contributed by atoms with Crippen LogP contribution < -0.4 is 15.5 Å². The number of nitrogens with one attached hydrogen (secondary N) is 2. The van der Waals surface area contributed by atoms with Gasteiger partial charge in [0.2, 0.25) is 17.6 Å². The summed E-state index contributed by atoms with van der Waals surface area (Å²) in [5.41, 5.74) is -0.0403. The summed E-state index contributed by atoms with van der Waals surface area (Å²) in [4.78, 5) is 21.9. The van der Waals surface area contributed by atoms with Crippen LogP contribution in [0.5, 0.6) is 0 Å². The fraction of sp³-hybridized carbons (Fsp3) is 0.733. The Bertz CT molecular complexity index is 585. The molecule has 2 N–H and O–H groups in total. The van der Waals surface area contributed by atoms with Gasteiger partial charge in [-0.2, -0.15) is 9.97 Å². The molecule has 2 heterocycles. The number of hydrogen-bond donors (Lipinski definition) is 2. The Morgan fingerprint density at radius 1 is 1.21 bits per heavy atom. The highest BCUT2D eigenvalue weighted by Gasteiger charge is 2.30. The predicted molar refractivity (Wildman–Crippen MR) is 91.8 cm³/mol. The average molecular weight is 336 g/mol. The number of nitrogens with zero attached hydrogens (tertiary/aromatic N) is 4. The van der Waals surface area contributed by atoms with Crippen molar-refractivity contribution in [1.29, 1.82) is 0 Å². The molecule has 0 bridgehead atoms. The lowest BCUT2D eigenvalue weighted by Gasteiger charge is -2.29. The van der Waals surface area contributed by atoms with Crippen LogP contribution in [0.3, 0.4) is 0 Å². The first kappa shape index (κ1) is 16.7. The summed E-state index contributed by atoms with van der Waals surface area (Å²) >= 11 is 0. The van der Waals surface area contributed by atoms with Crippen LogP contribution in [0.2, 0.25) is 0 Å². The van der Waals surface area contributed by atoms with Gasteiger partial charge >= 0.3 is 5.69 Å². The topological polar surface area (TPSA) is 105 Å². The quantitative estimate of drug-likeness (QED) is 0.621. The molecule has 132 valence electrons. The van der Waals surface area contributed by atoms with Crippen LogP contribution >= 0.6 is 0 Å². The molecule has 24 heavy (non-hydrogen) atoms. The van der Waals surface area contributed by atoms with Gasteiger partial charge in [-0.1, -0.05) is 19.3 Å². The minimum absolute atomic E-state index is 0.0403. The molecule has 1 aliphatic heterocycles. The van der Waals surface area contributed by atoms with Gasteiger partial charge in [0.25, 0.3) is 0 Å². The van der Waals surface area contributed by atoms with Crippen molar-refractivity contribution in [3.8, 4) is 0 Å². The Hall–Kier alpha value is -2.16. The Labute approximate surface area is 140 Å². The standard InChI is InChI=1S/C15H24N6O3/c1-16-15-18-13(17-11-5-3-2-4-6-11)12(21(22)23)14(19-15)20-7-9-24-10-8-20/h11H,2-10H2,1H3,(H2,16,17,18,19). The molecule has 1 saturated carbocycles. The first-order chi connectivity index (χ1) is 11.7. The molecule has 1 aromatic rings. The van der Waals surface area contributed by atoms with Gasteiger partial charge in [0.05, 0.1) is 18.1 Å². The van der Waals surface area contributed by atoms with Crippen molar-refractivity contribution in [1.82, 2.24) is 9.97 Å². The third-order valence-corrected chi connectivity index (χ3v) is 4.53. The van der Waals surface area contributed by atoms with Gasteiger partial charge in [0, 0.05) is 26.2 Å². The van der Waals surface area contributed by atoms with Crippen molar-refractivity contribution in [3.63, 3.8) is 0 Å². The minimum Gasteiger partial charge on any atom is -0.378 e. The fourth-order valence-corrected chi connectivity index (χ4v) is 3.26. The number of anilines is 3. The van der Waals surface area contributed by atoms with Crippen LogP contribution in [0.15, 0.2) is 0 Å². The highest BCUT2D eigenvalue weighted by molar-refractivity contribution is 5.73. The van der Waals surface area contributed by atoms with E-state index in [4.69, 9.17) is 4.74 Å². The maximum atomic E-state index is 11.7. The summed E-state index contributed by atoms with van der Waals surface area (Å²) < 4.78 is 5.34. The molecule has 0 atom stereocenters. The molecule has 1 aliphatic carbocycles. The second-order valence-corrected chi connectivity index (χ2v) is 6.15. The van der Waals surface area contributed by atoms with Crippen LogP contribution in [-0.4, -0.2) is 54.3 Å². The van der Waals surface area contributed by atoms with E-state index in [1.165, 1.54) is 6.42 Å². The molecule has 3 rings (SSSR count). The van der Waals surface area contributed by atoms with Gasteiger partial charge in [-0.15, -0.1) is 0 Å². The Morgan fingerprint density at radius 2 is 1.92 bits per heavy atom. The normalized spacial score (nSPS) is 19.1. The molecule has 2 fully saturated rings. The van der Waals surface area contributed by atoms with Crippen LogP contribution in [0.4, 0.5) is 23.3 Å². The Morgan fingerprint density at radius 3 is 2.54 bits per heavy atom. The van der Waals surface area contributed by atoms with Gasteiger partial charge in [-0.3, -0.25) is 10.1 Å². The maximum Gasteiger partial charge on any atom is 0.353 e. The number of nitro groups is 1. The minimum atomic E-state index is -0.380. The highest BCUT2D eigenvalue weighted by Crippen LogP contribution is 2.35. The molecule has 9 heteroatoms. The number of aromatic nitrogens is 2. The lowest BCUT2D eigenvalue weighted by atomic mass is 9.95. The summed E-state index contributed by atoms with van der Waals surface area (Å²) in [6.07, 6.45) is 5.55. The fourth-order valence-electron chi connectivity index (χ4n) is 3.26. The summed E-state index contributed by atoms with van der Waals surface area (Å²) in [7, 11) is 1.72. The van der Waals surface area contributed by atoms with Crippen LogP contribution in [0.25, 0.3) is 0 Å². The Kier molecular flexibility index (Phi) is 5.29. The molecule has 0 aromatic carbocycles. The van der Waals surface area contributed by atoms with Crippen molar-refractivity contribution in [2.24, 2.45) is 0 Å². The molecule has 1 aromatic heterocycles. The van der Waals surface area contributed by atoms with Crippen molar-refractivity contribution in [2.45, 2.75) is 38.1 Å². The smallest absolute Gasteiger partial charge is 0.353 e. The molecule has 0 amide bonds. The van der Waals surface area contributed by atoms with E-state index in [0.29, 0.717) is 43.9 Å². The lowest BCUT2D eigenvalue weighted by Crippen LogP contribution is -2.37. The Balaban J connectivity index is 1.96. The summed E-state index contributed by atoms with van der Waals surface area (Å²) in [6, 6.07) is 0.231. The van der Waals surface area contributed by atoms with Gasteiger partial charge in [0.1, 0.15) is 0 Å². The van der Waals surface area contributed by atoms with E-state index in [1.807, 2.05) is 4.90 Å². The number of rotatable bonds is 5. The van der Waals surface area contributed by atoms with E-state index in [2.05, 4.69) is 20.6 Å². The van der Waals surface area contributed by atoms with Crippen LogP contribution in [0, 0.1) is 10.1 Å². The molecule has 0 spiro atoms. The molecule has 0 radical (unpaired) electrons. The maximum absolute atomic E-state index is 11.7. The van der Waals surface area contributed by atoms with Crippen molar-refractivity contribution >= 4 is 23.3 Å². The molecular weight excluding hydrogens is 312 g/mol. The third-order valence-electron chi connectivity index (χ3n) is 4.53. The molecule has 2 aliphatic rings. The van der Waals surface area contributed by atoms with Crippen LogP contribution in [0.1, 0.15) is 32.1 Å². The highest BCUT2D eigenvalue weighted by atomic mass is 16.6. The number of morpholine rings is 1. The second kappa shape index (κ2) is 7.61. The summed E-state index contributed by atoms with van der Waals surface area (Å²) in [5, 5.41) is 17.9. The van der Waals surface area contributed by atoms with Crippen LogP contribution in [-0.2, 0) is 4.74 Å². The summed E-state index contributed by atoms with van der Waals surface area (Å²) in [6.45, 7) is 2.26. The van der Waals surface area contributed by atoms with Crippen molar-refractivity contribution < 1.29 is 9.66 Å². The molecule has 0 unspecified atom stereocenters. The first-order valence-corrected chi connectivity index (χ1v) is 8.52. The van der Waals surface area contributed by atoms with Gasteiger partial charge in [0.15, 0.2) is 0 Å². The van der Waals surface area contributed by atoms with E-state index in [0.717, 1.165) is 25.7 Å². The van der Waals surface area contributed by atoms with E-state index in [9.17, 15) is 10.1 Å². The number of hydrogen-bond acceptors (Lipinski definition) is 8.